The zero-order valence-corrected chi connectivity index (χ0v) is 13.4. The average Bonchev–Trinajstić information content (AvgIpc) is 2.48. The number of non-ortho nitro benzene ring substituents is 1. The summed E-state index contributed by atoms with van der Waals surface area (Å²) in [6.07, 6.45) is -1.66. The van der Waals surface area contributed by atoms with E-state index in [1.165, 1.54) is 29.2 Å². The van der Waals surface area contributed by atoms with Crippen LogP contribution >= 0.6 is 0 Å². The molecule has 128 valence electrons. The van der Waals surface area contributed by atoms with Gasteiger partial charge in [-0.05, 0) is 38.5 Å². The molecule has 1 aromatic carbocycles. The summed E-state index contributed by atoms with van der Waals surface area (Å²) in [7, 11) is 0. The van der Waals surface area contributed by atoms with Crippen LogP contribution in [-0.4, -0.2) is 51.4 Å². The molecule has 0 spiro atoms. The number of carbonyl (C=O) groups excluding carboxylic acids is 1. The van der Waals surface area contributed by atoms with Crippen LogP contribution in [0.1, 0.15) is 32.4 Å². The molecule has 1 rings (SSSR count). The van der Waals surface area contributed by atoms with Crippen molar-refractivity contribution in [2.75, 3.05) is 19.8 Å². The molecular weight excluding hydrogens is 304 g/mol. The third-order valence-electron chi connectivity index (χ3n) is 3.19. The van der Waals surface area contributed by atoms with Crippen LogP contribution in [0.15, 0.2) is 24.3 Å². The summed E-state index contributed by atoms with van der Waals surface area (Å²) >= 11 is 0. The van der Waals surface area contributed by atoms with E-state index in [2.05, 4.69) is 0 Å². The van der Waals surface area contributed by atoms with Gasteiger partial charge in [0.2, 0.25) is 0 Å². The Labute approximate surface area is 134 Å². The number of amides is 1. The van der Waals surface area contributed by atoms with Gasteiger partial charge >= 0.3 is 6.09 Å². The predicted molar refractivity (Wildman–Crippen MR) is 82.9 cm³/mol. The Morgan fingerprint density at radius 2 is 1.91 bits per heavy atom. The van der Waals surface area contributed by atoms with Crippen molar-refractivity contribution >= 4 is 11.8 Å². The van der Waals surface area contributed by atoms with E-state index in [-0.39, 0.29) is 25.4 Å². The van der Waals surface area contributed by atoms with Crippen molar-refractivity contribution < 1.29 is 24.7 Å². The fourth-order valence-corrected chi connectivity index (χ4v) is 1.93. The van der Waals surface area contributed by atoms with Gasteiger partial charge in [0.15, 0.2) is 0 Å². The maximum atomic E-state index is 12.1. The van der Waals surface area contributed by atoms with E-state index in [9.17, 15) is 20.0 Å². The van der Waals surface area contributed by atoms with Crippen LogP contribution < -0.4 is 0 Å². The largest absolute Gasteiger partial charge is 0.447 e. The van der Waals surface area contributed by atoms with Gasteiger partial charge in [-0.2, -0.15) is 0 Å². The SMILES string of the molecule is CC(C)(C)N(CC(O)c1ccc([N+](=O)[O-])cc1)C(=O)OCCO. The predicted octanol–water partition coefficient (Wildman–Crippen LogP) is 1.86. The lowest BCUT2D eigenvalue weighted by atomic mass is 10.0. The maximum absolute atomic E-state index is 12.1. The zero-order valence-electron chi connectivity index (χ0n) is 13.4. The molecule has 2 N–H and O–H groups in total. The van der Waals surface area contributed by atoms with Crippen LogP contribution in [0.2, 0.25) is 0 Å². The van der Waals surface area contributed by atoms with Crippen LogP contribution in [0.4, 0.5) is 10.5 Å². The number of hydrogen-bond donors (Lipinski definition) is 2. The zero-order chi connectivity index (χ0) is 17.6. The van der Waals surface area contributed by atoms with Gasteiger partial charge < -0.3 is 19.8 Å². The highest BCUT2D eigenvalue weighted by molar-refractivity contribution is 5.68. The van der Waals surface area contributed by atoms with E-state index in [0.717, 1.165) is 0 Å². The number of benzene rings is 1. The molecule has 0 aliphatic carbocycles. The highest BCUT2D eigenvalue weighted by Gasteiger charge is 2.30. The molecule has 1 amide bonds. The van der Waals surface area contributed by atoms with Gasteiger partial charge in [0.1, 0.15) is 6.61 Å². The fraction of sp³-hybridized carbons (Fsp3) is 0.533. The summed E-state index contributed by atoms with van der Waals surface area (Å²) in [6, 6.07) is 5.49. The van der Waals surface area contributed by atoms with Gasteiger partial charge in [0.25, 0.3) is 5.69 Å². The van der Waals surface area contributed by atoms with Gasteiger partial charge in [-0.15, -0.1) is 0 Å². The molecule has 0 bridgehead atoms. The average molecular weight is 326 g/mol. The Morgan fingerprint density at radius 3 is 2.35 bits per heavy atom. The minimum atomic E-state index is -1.02. The van der Waals surface area contributed by atoms with E-state index in [1.807, 2.05) is 0 Å². The second-order valence-electron chi connectivity index (χ2n) is 5.98. The molecular formula is C15H22N2O6. The molecule has 1 atom stereocenters. The molecule has 0 aromatic heterocycles. The number of nitro benzene ring substituents is 1. The monoisotopic (exact) mass is 326 g/mol. The molecule has 0 radical (unpaired) electrons. The summed E-state index contributed by atoms with van der Waals surface area (Å²) < 4.78 is 4.90. The van der Waals surface area contributed by atoms with Crippen molar-refractivity contribution in [3.05, 3.63) is 39.9 Å². The highest BCUT2D eigenvalue weighted by Crippen LogP contribution is 2.23. The van der Waals surface area contributed by atoms with Crippen LogP contribution in [0.5, 0.6) is 0 Å². The molecule has 0 aliphatic rings. The van der Waals surface area contributed by atoms with Crippen molar-refractivity contribution in [1.82, 2.24) is 4.90 Å². The van der Waals surface area contributed by atoms with E-state index in [4.69, 9.17) is 9.84 Å². The second-order valence-corrected chi connectivity index (χ2v) is 5.98. The lowest BCUT2D eigenvalue weighted by Gasteiger charge is -2.36. The van der Waals surface area contributed by atoms with E-state index in [1.54, 1.807) is 20.8 Å². The van der Waals surface area contributed by atoms with E-state index >= 15 is 0 Å². The molecule has 1 aromatic rings. The maximum Gasteiger partial charge on any atom is 0.410 e. The van der Waals surface area contributed by atoms with Crippen molar-refractivity contribution in [2.24, 2.45) is 0 Å². The molecule has 0 fully saturated rings. The Balaban J connectivity index is 2.86. The molecule has 23 heavy (non-hydrogen) atoms. The molecule has 0 saturated heterocycles. The molecule has 0 heterocycles. The van der Waals surface area contributed by atoms with Gasteiger partial charge in [0, 0.05) is 17.7 Å². The minimum absolute atomic E-state index is 0.0361. The number of hydrogen-bond acceptors (Lipinski definition) is 6. The van der Waals surface area contributed by atoms with Gasteiger partial charge in [-0.25, -0.2) is 4.79 Å². The third kappa shape index (κ3) is 5.50. The fourth-order valence-electron chi connectivity index (χ4n) is 1.93. The van der Waals surface area contributed by atoms with Gasteiger partial charge in [-0.1, -0.05) is 0 Å². The quantitative estimate of drug-likeness (QED) is 0.609. The lowest BCUT2D eigenvalue weighted by Crippen LogP contribution is -2.48. The summed E-state index contributed by atoms with van der Waals surface area (Å²) in [5, 5.41) is 29.7. The first-order valence-electron chi connectivity index (χ1n) is 7.14. The van der Waals surface area contributed by atoms with Crippen LogP contribution in [0.25, 0.3) is 0 Å². The number of ether oxygens (including phenoxy) is 1. The Bertz CT molecular complexity index is 538. The number of β-amino-alcohol motifs (C(OH)–C–C–N with tert-alkyl or cyclic N) is 1. The number of nitro groups is 1. The highest BCUT2D eigenvalue weighted by atomic mass is 16.6. The number of aliphatic hydroxyl groups excluding tert-OH is 2. The first kappa shape index (κ1) is 18.9. The summed E-state index contributed by atoms with van der Waals surface area (Å²) in [5.41, 5.74) is -0.218. The topological polar surface area (TPSA) is 113 Å². The van der Waals surface area contributed by atoms with Crippen molar-refractivity contribution in [2.45, 2.75) is 32.4 Å². The van der Waals surface area contributed by atoms with Crippen molar-refractivity contribution in [1.29, 1.82) is 0 Å². The number of aliphatic hydroxyl groups is 2. The standard InChI is InChI=1S/C15H22N2O6/c1-15(2,3)16(14(20)23-9-8-18)10-13(19)11-4-6-12(7-5-11)17(21)22/h4-7,13,18-19H,8-10H2,1-3H3. The van der Waals surface area contributed by atoms with Gasteiger partial charge in [0.05, 0.1) is 24.2 Å². The molecule has 1 unspecified atom stereocenters. The molecule has 8 heteroatoms. The first-order chi connectivity index (χ1) is 10.7. The van der Waals surface area contributed by atoms with Crippen LogP contribution in [-0.2, 0) is 4.74 Å². The van der Waals surface area contributed by atoms with Gasteiger partial charge in [-0.3, -0.25) is 10.1 Å². The smallest absolute Gasteiger partial charge is 0.410 e. The molecule has 8 nitrogen and oxygen atoms in total. The van der Waals surface area contributed by atoms with E-state index < -0.39 is 22.7 Å². The summed E-state index contributed by atoms with van der Waals surface area (Å²) in [4.78, 5) is 23.5. The molecule has 0 aliphatic heterocycles. The number of carbonyl (C=O) groups is 1. The van der Waals surface area contributed by atoms with Crippen LogP contribution in [0, 0.1) is 10.1 Å². The lowest BCUT2D eigenvalue weighted by molar-refractivity contribution is -0.384. The second kappa shape index (κ2) is 7.89. The normalized spacial score (nSPS) is 12.6. The summed E-state index contributed by atoms with van der Waals surface area (Å²) in [6.45, 7) is 4.92. The first-order valence-corrected chi connectivity index (χ1v) is 7.14. The third-order valence-corrected chi connectivity index (χ3v) is 3.19. The Kier molecular flexibility index (Phi) is 6.47. The van der Waals surface area contributed by atoms with Crippen LogP contribution in [0.3, 0.4) is 0 Å². The minimum Gasteiger partial charge on any atom is -0.447 e. The Morgan fingerprint density at radius 1 is 1.35 bits per heavy atom. The number of rotatable bonds is 6. The van der Waals surface area contributed by atoms with Crippen molar-refractivity contribution in [3.63, 3.8) is 0 Å². The van der Waals surface area contributed by atoms with E-state index in [0.29, 0.717) is 5.56 Å². The van der Waals surface area contributed by atoms with Crippen molar-refractivity contribution in [3.8, 4) is 0 Å². The Hall–Kier alpha value is -2.19. The molecule has 0 saturated carbocycles. The number of nitrogens with zero attached hydrogens (tertiary/aromatic N) is 2. The summed E-state index contributed by atoms with van der Waals surface area (Å²) in [5.74, 6) is 0.